The van der Waals surface area contributed by atoms with Crippen molar-refractivity contribution in [2.24, 2.45) is 5.10 Å². The van der Waals surface area contributed by atoms with Gasteiger partial charge in [0.25, 0.3) is 0 Å². The van der Waals surface area contributed by atoms with Gasteiger partial charge in [0.15, 0.2) is 5.11 Å². The highest BCUT2D eigenvalue weighted by atomic mass is 79.9. The second-order valence-corrected chi connectivity index (χ2v) is 7.23. The summed E-state index contributed by atoms with van der Waals surface area (Å²) in [5, 5.41) is 10.4. The second kappa shape index (κ2) is 7.43. The maximum absolute atomic E-state index is 5.64. The Morgan fingerprint density at radius 1 is 1.08 bits per heavy atom. The molecule has 1 aliphatic rings. The molecule has 0 radical (unpaired) electrons. The summed E-state index contributed by atoms with van der Waals surface area (Å²) in [5.74, 6) is 0.845. The Hall–Kier alpha value is -2.44. The number of benzene rings is 2. The van der Waals surface area contributed by atoms with Crippen LogP contribution in [0.4, 0.5) is 5.69 Å². The van der Waals surface area contributed by atoms with E-state index in [1.807, 2.05) is 59.6 Å². The van der Waals surface area contributed by atoms with Gasteiger partial charge in [0.1, 0.15) is 11.8 Å². The Kier molecular flexibility index (Phi) is 4.86. The third-order valence-electron chi connectivity index (χ3n) is 4.19. The number of hydrogen-bond acceptors (Lipinski definition) is 3. The van der Waals surface area contributed by atoms with Gasteiger partial charge in [0, 0.05) is 16.6 Å². The number of halogens is 1. The van der Waals surface area contributed by atoms with Crippen molar-refractivity contribution in [2.45, 2.75) is 12.5 Å². The molecule has 4 rings (SSSR count). The Morgan fingerprint density at radius 2 is 1.85 bits per heavy atom. The van der Waals surface area contributed by atoms with Crippen LogP contribution in [0.15, 0.2) is 87.0 Å². The molecule has 0 bridgehead atoms. The molecule has 6 heteroatoms. The minimum absolute atomic E-state index is 0.0626. The predicted molar refractivity (Wildman–Crippen MR) is 111 cm³/mol. The molecule has 1 N–H and O–H groups in total. The van der Waals surface area contributed by atoms with E-state index in [9.17, 15) is 0 Å². The molecule has 130 valence electrons. The molecule has 3 aromatic rings. The number of anilines is 1. The van der Waals surface area contributed by atoms with E-state index in [0.717, 1.165) is 33.6 Å². The molecule has 0 saturated carbocycles. The minimum Gasteiger partial charge on any atom is -0.467 e. The molecule has 1 aliphatic heterocycles. The van der Waals surface area contributed by atoms with E-state index in [-0.39, 0.29) is 6.04 Å². The highest BCUT2D eigenvalue weighted by molar-refractivity contribution is 9.10. The standard InChI is InChI=1S/C20H16BrN3OS/c21-15-10-8-14(9-11-15)17-13-18(19-7-4-12-25-19)24(23-17)20(26)22-16-5-2-1-3-6-16/h1-12,18H,13H2,(H,22,26). The van der Waals surface area contributed by atoms with Gasteiger partial charge in [-0.1, -0.05) is 46.3 Å². The average molecular weight is 426 g/mol. The molecule has 0 saturated heterocycles. The van der Waals surface area contributed by atoms with Crippen LogP contribution in [-0.2, 0) is 0 Å². The van der Waals surface area contributed by atoms with Crippen LogP contribution in [0.2, 0.25) is 0 Å². The Morgan fingerprint density at radius 3 is 2.54 bits per heavy atom. The molecule has 1 atom stereocenters. The third-order valence-corrected chi connectivity index (χ3v) is 5.01. The summed E-state index contributed by atoms with van der Waals surface area (Å²) in [6.07, 6.45) is 2.41. The van der Waals surface area contributed by atoms with Gasteiger partial charge in [0.05, 0.1) is 12.0 Å². The molecule has 26 heavy (non-hydrogen) atoms. The molecule has 1 unspecified atom stereocenters. The number of hydrogen-bond donors (Lipinski definition) is 1. The second-order valence-electron chi connectivity index (χ2n) is 5.93. The van der Waals surface area contributed by atoms with Gasteiger partial charge in [-0.15, -0.1) is 0 Å². The zero-order valence-electron chi connectivity index (χ0n) is 13.8. The maximum Gasteiger partial charge on any atom is 0.194 e. The lowest BCUT2D eigenvalue weighted by Crippen LogP contribution is -2.30. The summed E-state index contributed by atoms with van der Waals surface area (Å²) >= 11 is 9.10. The molecule has 2 aromatic carbocycles. The molecule has 0 spiro atoms. The molecule has 0 fully saturated rings. The van der Waals surface area contributed by atoms with Crippen LogP contribution < -0.4 is 5.32 Å². The molecule has 1 aromatic heterocycles. The number of rotatable bonds is 3. The SMILES string of the molecule is S=C(Nc1ccccc1)N1N=C(c2ccc(Br)cc2)CC1c1ccco1. The van der Waals surface area contributed by atoms with Crippen molar-refractivity contribution in [1.29, 1.82) is 0 Å². The average Bonchev–Trinajstić information content (AvgIpc) is 3.33. The van der Waals surface area contributed by atoms with Crippen molar-refractivity contribution in [2.75, 3.05) is 5.32 Å². The largest absolute Gasteiger partial charge is 0.467 e. The molecule has 2 heterocycles. The molecular formula is C20H16BrN3OS. The van der Waals surface area contributed by atoms with Crippen molar-refractivity contribution < 1.29 is 4.42 Å². The van der Waals surface area contributed by atoms with Crippen molar-refractivity contribution >= 4 is 44.7 Å². The van der Waals surface area contributed by atoms with Gasteiger partial charge >= 0.3 is 0 Å². The summed E-state index contributed by atoms with van der Waals surface area (Å²) in [6, 6.07) is 21.8. The molecule has 4 nitrogen and oxygen atoms in total. The van der Waals surface area contributed by atoms with E-state index < -0.39 is 0 Å². The van der Waals surface area contributed by atoms with E-state index in [1.165, 1.54) is 0 Å². The van der Waals surface area contributed by atoms with Gasteiger partial charge in [0.2, 0.25) is 0 Å². The van der Waals surface area contributed by atoms with Gasteiger partial charge in [-0.05, 0) is 54.2 Å². The van der Waals surface area contributed by atoms with Crippen LogP contribution in [0, 0.1) is 0 Å². The molecular weight excluding hydrogens is 410 g/mol. The normalized spacial score (nSPS) is 16.4. The van der Waals surface area contributed by atoms with Crippen LogP contribution in [0.5, 0.6) is 0 Å². The Balaban J connectivity index is 1.63. The predicted octanol–water partition coefficient (Wildman–Crippen LogP) is 5.59. The Labute approximate surface area is 165 Å². The van der Waals surface area contributed by atoms with Crippen molar-refractivity contribution in [3.05, 3.63) is 88.8 Å². The maximum atomic E-state index is 5.64. The van der Waals surface area contributed by atoms with Crippen LogP contribution in [0.3, 0.4) is 0 Å². The van der Waals surface area contributed by atoms with Gasteiger partial charge in [-0.25, -0.2) is 5.01 Å². The number of nitrogens with one attached hydrogen (secondary N) is 1. The van der Waals surface area contributed by atoms with E-state index in [1.54, 1.807) is 6.26 Å². The smallest absolute Gasteiger partial charge is 0.194 e. The molecule has 0 amide bonds. The lowest BCUT2D eigenvalue weighted by molar-refractivity contribution is 0.318. The number of nitrogens with zero attached hydrogens (tertiary/aromatic N) is 2. The fraction of sp³-hybridized carbons (Fsp3) is 0.100. The first-order chi connectivity index (χ1) is 12.7. The van der Waals surface area contributed by atoms with E-state index in [4.69, 9.17) is 21.7 Å². The number of thiocarbonyl (C=S) groups is 1. The first-order valence-corrected chi connectivity index (χ1v) is 9.43. The van der Waals surface area contributed by atoms with Gasteiger partial charge in [-0.3, -0.25) is 0 Å². The van der Waals surface area contributed by atoms with Crippen LogP contribution in [0.25, 0.3) is 0 Å². The summed E-state index contributed by atoms with van der Waals surface area (Å²) in [7, 11) is 0. The monoisotopic (exact) mass is 425 g/mol. The zero-order valence-corrected chi connectivity index (χ0v) is 16.2. The molecule has 0 aliphatic carbocycles. The third kappa shape index (κ3) is 3.57. The van der Waals surface area contributed by atoms with Gasteiger partial charge in [-0.2, -0.15) is 5.10 Å². The lowest BCUT2D eigenvalue weighted by atomic mass is 10.0. The minimum atomic E-state index is -0.0626. The first kappa shape index (κ1) is 17.0. The summed E-state index contributed by atoms with van der Waals surface area (Å²) < 4.78 is 6.68. The van der Waals surface area contributed by atoms with E-state index >= 15 is 0 Å². The number of hydrazone groups is 1. The van der Waals surface area contributed by atoms with Crippen molar-refractivity contribution in [3.63, 3.8) is 0 Å². The summed E-state index contributed by atoms with van der Waals surface area (Å²) in [6.45, 7) is 0. The zero-order chi connectivity index (χ0) is 17.9. The van der Waals surface area contributed by atoms with Crippen molar-refractivity contribution in [1.82, 2.24) is 5.01 Å². The highest BCUT2D eigenvalue weighted by Crippen LogP contribution is 2.33. The number of para-hydroxylation sites is 1. The van der Waals surface area contributed by atoms with Crippen molar-refractivity contribution in [3.8, 4) is 0 Å². The summed E-state index contributed by atoms with van der Waals surface area (Å²) in [4.78, 5) is 0. The van der Waals surface area contributed by atoms with Crippen LogP contribution in [-0.4, -0.2) is 15.8 Å². The lowest BCUT2D eigenvalue weighted by Gasteiger charge is -2.23. The Bertz CT molecular complexity index is 923. The van der Waals surface area contributed by atoms with E-state index in [2.05, 4.69) is 33.4 Å². The fourth-order valence-electron chi connectivity index (χ4n) is 2.92. The van der Waals surface area contributed by atoms with Crippen LogP contribution in [0.1, 0.15) is 23.8 Å². The first-order valence-electron chi connectivity index (χ1n) is 8.23. The van der Waals surface area contributed by atoms with E-state index in [0.29, 0.717) is 5.11 Å². The quantitative estimate of drug-likeness (QED) is 0.555. The topological polar surface area (TPSA) is 40.8 Å². The number of furan rings is 1. The van der Waals surface area contributed by atoms with Crippen LogP contribution >= 0.6 is 28.1 Å². The highest BCUT2D eigenvalue weighted by Gasteiger charge is 2.33. The summed E-state index contributed by atoms with van der Waals surface area (Å²) in [5.41, 5.74) is 2.99. The fourth-order valence-corrected chi connectivity index (χ4v) is 3.47. The van der Waals surface area contributed by atoms with Gasteiger partial charge < -0.3 is 9.73 Å².